The molecule has 1 N–H and O–H groups in total. The highest BCUT2D eigenvalue weighted by Crippen LogP contribution is 2.32. The number of nitrogens with zero attached hydrogens (tertiary/aromatic N) is 5. The number of hydrogen-bond acceptors (Lipinski definition) is 7. The summed E-state index contributed by atoms with van der Waals surface area (Å²) in [5.74, 6) is 2.67. The van der Waals surface area contributed by atoms with E-state index in [1.807, 2.05) is 55.6 Å². The Kier molecular flexibility index (Phi) is 7.50. The summed E-state index contributed by atoms with van der Waals surface area (Å²) in [5, 5.41) is 3.35. The standard InChI is InChI=1S/C32H33FN6O2/c1-3-41-25-11-9-24(10-12-25)39-31(37-30-26(32(39)40)7-5-15-35-30)28-19-36-29(17-22-8-13-27(33)21(2)16-22)38(28)20-23-6-4-14-34-18-23/h4,6,8-14,16,18,28,35H,3,5,7,15,17,19-20H2,1-2H3/t28-/m1/s1. The summed E-state index contributed by atoms with van der Waals surface area (Å²) >= 11 is 0. The molecule has 4 heterocycles. The number of amidine groups is 1. The summed E-state index contributed by atoms with van der Waals surface area (Å²) < 4.78 is 21.4. The fourth-order valence-electron chi connectivity index (χ4n) is 5.58. The number of ether oxygens (including phenoxy) is 1. The van der Waals surface area contributed by atoms with E-state index in [0.717, 1.165) is 41.4 Å². The van der Waals surface area contributed by atoms with Crippen molar-refractivity contribution < 1.29 is 9.13 Å². The lowest BCUT2D eigenvalue weighted by Gasteiger charge is -2.31. The van der Waals surface area contributed by atoms with Gasteiger partial charge < -0.3 is 15.0 Å². The summed E-state index contributed by atoms with van der Waals surface area (Å²) in [5.41, 5.74) is 3.97. The molecule has 2 aliphatic rings. The van der Waals surface area contributed by atoms with Gasteiger partial charge in [-0.1, -0.05) is 18.2 Å². The highest BCUT2D eigenvalue weighted by Gasteiger charge is 2.34. The Labute approximate surface area is 238 Å². The van der Waals surface area contributed by atoms with E-state index >= 15 is 0 Å². The topological polar surface area (TPSA) is 84.6 Å². The van der Waals surface area contributed by atoms with Crippen molar-refractivity contribution in [3.05, 3.63) is 111 Å². The Bertz CT molecular complexity index is 1640. The lowest BCUT2D eigenvalue weighted by molar-refractivity contribution is 0.320. The second kappa shape index (κ2) is 11.5. The molecule has 6 rings (SSSR count). The predicted molar refractivity (Wildman–Crippen MR) is 157 cm³/mol. The third kappa shape index (κ3) is 5.44. The molecule has 0 aliphatic carbocycles. The Balaban J connectivity index is 1.44. The Hall–Kier alpha value is -4.53. The average molecular weight is 553 g/mol. The lowest BCUT2D eigenvalue weighted by Crippen LogP contribution is -2.38. The van der Waals surface area contributed by atoms with Gasteiger partial charge in [-0.25, -0.2) is 9.37 Å². The van der Waals surface area contributed by atoms with Gasteiger partial charge in [0.25, 0.3) is 5.56 Å². The molecule has 2 aromatic carbocycles. The minimum Gasteiger partial charge on any atom is -0.494 e. The van der Waals surface area contributed by atoms with Gasteiger partial charge in [0.15, 0.2) is 0 Å². The quantitative estimate of drug-likeness (QED) is 0.330. The number of benzene rings is 2. The Morgan fingerprint density at radius 1 is 1.12 bits per heavy atom. The molecule has 0 fully saturated rings. The summed E-state index contributed by atoms with van der Waals surface area (Å²) in [6.45, 7) is 6.04. The maximum absolute atomic E-state index is 14.1. The molecule has 2 aliphatic heterocycles. The van der Waals surface area contributed by atoms with Crippen LogP contribution in [-0.2, 0) is 19.4 Å². The number of aromatic nitrogens is 3. The normalized spacial score (nSPS) is 16.2. The first-order valence-electron chi connectivity index (χ1n) is 14.1. The van der Waals surface area contributed by atoms with Crippen LogP contribution in [0.1, 0.15) is 47.5 Å². The number of aliphatic imine (C=N–C) groups is 1. The van der Waals surface area contributed by atoms with Crippen LogP contribution in [0.25, 0.3) is 5.69 Å². The number of anilines is 1. The fourth-order valence-corrected chi connectivity index (χ4v) is 5.58. The summed E-state index contributed by atoms with van der Waals surface area (Å²) in [4.78, 5) is 30.6. The van der Waals surface area contributed by atoms with Gasteiger partial charge in [-0.3, -0.25) is 19.3 Å². The minimum absolute atomic E-state index is 0.0645. The number of hydrogen-bond donors (Lipinski definition) is 1. The van der Waals surface area contributed by atoms with Gasteiger partial charge in [-0.05, 0) is 79.8 Å². The summed E-state index contributed by atoms with van der Waals surface area (Å²) in [7, 11) is 0. The van der Waals surface area contributed by atoms with Gasteiger partial charge >= 0.3 is 0 Å². The van der Waals surface area contributed by atoms with Crippen LogP contribution in [0.15, 0.2) is 76.8 Å². The van der Waals surface area contributed by atoms with Gasteiger partial charge in [-0.15, -0.1) is 0 Å². The van der Waals surface area contributed by atoms with Crippen molar-refractivity contribution in [2.75, 3.05) is 25.0 Å². The summed E-state index contributed by atoms with van der Waals surface area (Å²) in [6, 6.07) is 16.4. The van der Waals surface area contributed by atoms with E-state index in [2.05, 4.69) is 15.2 Å². The van der Waals surface area contributed by atoms with Crippen LogP contribution < -0.4 is 15.6 Å². The van der Waals surface area contributed by atoms with Crippen molar-refractivity contribution in [1.82, 2.24) is 19.4 Å². The van der Waals surface area contributed by atoms with Gasteiger partial charge in [0, 0.05) is 31.9 Å². The molecule has 0 radical (unpaired) electrons. The molecule has 0 saturated carbocycles. The van der Waals surface area contributed by atoms with E-state index in [1.54, 1.807) is 23.8 Å². The highest BCUT2D eigenvalue weighted by atomic mass is 19.1. The molecule has 8 nitrogen and oxygen atoms in total. The van der Waals surface area contributed by atoms with E-state index < -0.39 is 0 Å². The average Bonchev–Trinajstić information content (AvgIpc) is 3.37. The number of aryl methyl sites for hydroxylation is 1. The van der Waals surface area contributed by atoms with Crippen LogP contribution in [0.4, 0.5) is 10.2 Å². The van der Waals surface area contributed by atoms with Crippen molar-refractivity contribution >= 4 is 11.7 Å². The fraction of sp³-hybridized carbons (Fsp3) is 0.312. The second-order valence-electron chi connectivity index (χ2n) is 10.4. The number of pyridine rings is 1. The van der Waals surface area contributed by atoms with Gasteiger partial charge in [0.05, 0.1) is 24.4 Å². The minimum atomic E-state index is -0.292. The maximum Gasteiger partial charge on any atom is 0.263 e. The van der Waals surface area contributed by atoms with Crippen LogP contribution in [0, 0.1) is 12.7 Å². The van der Waals surface area contributed by atoms with Crippen molar-refractivity contribution in [2.45, 2.75) is 45.7 Å². The first-order valence-corrected chi connectivity index (χ1v) is 14.1. The maximum atomic E-state index is 14.1. The van der Waals surface area contributed by atoms with Crippen LogP contribution in [0.3, 0.4) is 0 Å². The largest absolute Gasteiger partial charge is 0.494 e. The number of nitrogens with one attached hydrogen (secondary N) is 1. The number of rotatable bonds is 8. The highest BCUT2D eigenvalue weighted by molar-refractivity contribution is 5.86. The SMILES string of the molecule is CCOc1ccc(-n2c([C@H]3CN=C(Cc4ccc(F)c(C)c4)N3Cc3cccnc3)nc3c(c2=O)CCCN3)cc1. The van der Waals surface area contributed by atoms with Crippen molar-refractivity contribution in [3.63, 3.8) is 0 Å². The molecule has 0 unspecified atom stereocenters. The zero-order chi connectivity index (χ0) is 28.3. The van der Waals surface area contributed by atoms with E-state index in [4.69, 9.17) is 14.7 Å². The smallest absolute Gasteiger partial charge is 0.263 e. The van der Waals surface area contributed by atoms with Crippen LogP contribution in [0.2, 0.25) is 0 Å². The second-order valence-corrected chi connectivity index (χ2v) is 10.4. The molecule has 0 saturated heterocycles. The van der Waals surface area contributed by atoms with Crippen LogP contribution in [-0.4, -0.2) is 45.0 Å². The van der Waals surface area contributed by atoms with Crippen molar-refractivity contribution in [2.24, 2.45) is 4.99 Å². The van der Waals surface area contributed by atoms with E-state index in [0.29, 0.717) is 55.3 Å². The third-order valence-corrected chi connectivity index (χ3v) is 7.62. The molecule has 41 heavy (non-hydrogen) atoms. The molecule has 0 bridgehead atoms. The lowest BCUT2D eigenvalue weighted by atomic mass is 10.1. The first kappa shape index (κ1) is 26.7. The molecule has 0 amide bonds. The molecule has 2 aromatic heterocycles. The van der Waals surface area contributed by atoms with Crippen molar-refractivity contribution in [1.29, 1.82) is 0 Å². The van der Waals surface area contributed by atoms with Crippen LogP contribution in [0.5, 0.6) is 5.75 Å². The molecule has 9 heteroatoms. The zero-order valence-electron chi connectivity index (χ0n) is 23.3. The molecule has 1 atom stereocenters. The first-order chi connectivity index (χ1) is 20.0. The van der Waals surface area contributed by atoms with Crippen molar-refractivity contribution in [3.8, 4) is 11.4 Å². The summed E-state index contributed by atoms with van der Waals surface area (Å²) in [6.07, 6.45) is 5.70. The molecule has 4 aromatic rings. The third-order valence-electron chi connectivity index (χ3n) is 7.62. The van der Waals surface area contributed by atoms with Gasteiger partial charge in [0.1, 0.15) is 35.1 Å². The molecular formula is C32H33FN6O2. The number of halogens is 1. The zero-order valence-corrected chi connectivity index (χ0v) is 23.3. The van der Waals surface area contributed by atoms with E-state index in [9.17, 15) is 9.18 Å². The van der Waals surface area contributed by atoms with Crippen LogP contribution >= 0.6 is 0 Å². The van der Waals surface area contributed by atoms with E-state index in [1.165, 1.54) is 6.07 Å². The molecular weight excluding hydrogens is 519 g/mol. The Morgan fingerprint density at radius 3 is 2.73 bits per heavy atom. The predicted octanol–water partition coefficient (Wildman–Crippen LogP) is 5.03. The van der Waals surface area contributed by atoms with Gasteiger partial charge in [0.2, 0.25) is 0 Å². The number of fused-ring (bicyclic) bond motifs is 1. The molecule has 0 spiro atoms. The van der Waals surface area contributed by atoms with Gasteiger partial charge in [-0.2, -0.15) is 0 Å². The molecule has 210 valence electrons. The Morgan fingerprint density at radius 2 is 1.98 bits per heavy atom. The monoisotopic (exact) mass is 552 g/mol. The van der Waals surface area contributed by atoms with E-state index in [-0.39, 0.29) is 17.4 Å².